The highest BCUT2D eigenvalue weighted by atomic mass is 16.5. The Bertz CT molecular complexity index is 1430. The minimum Gasteiger partial charge on any atom is -0.497 e. The Kier molecular flexibility index (Phi) is 6.44. The Morgan fingerprint density at radius 1 is 1.06 bits per heavy atom. The summed E-state index contributed by atoms with van der Waals surface area (Å²) in [6.07, 6.45) is 1.49. The number of nitrogens with zero attached hydrogens (tertiary/aromatic N) is 3. The Hall–Kier alpha value is -4.40. The van der Waals surface area contributed by atoms with E-state index >= 15 is 0 Å². The van der Waals surface area contributed by atoms with Crippen LogP contribution in [0.25, 0.3) is 5.69 Å². The summed E-state index contributed by atoms with van der Waals surface area (Å²) in [6, 6.07) is 15.9. The Morgan fingerprint density at radius 2 is 1.82 bits per heavy atom. The van der Waals surface area contributed by atoms with Crippen molar-refractivity contribution in [1.29, 1.82) is 0 Å². The number of carbonyl (C=O) groups excluding carboxylic acids is 1. The van der Waals surface area contributed by atoms with Gasteiger partial charge in [0.2, 0.25) is 5.69 Å². The molecule has 2 heterocycles. The van der Waals surface area contributed by atoms with Gasteiger partial charge in [0.25, 0.3) is 11.5 Å². The molecule has 9 nitrogen and oxygen atoms in total. The van der Waals surface area contributed by atoms with Crippen LogP contribution in [0.15, 0.2) is 74.9 Å². The summed E-state index contributed by atoms with van der Waals surface area (Å²) in [6.45, 7) is 3.81. The molecular formula is C25H24N4O5. The zero-order valence-electron chi connectivity index (χ0n) is 19.1. The van der Waals surface area contributed by atoms with Crippen LogP contribution in [0.1, 0.15) is 32.9 Å². The van der Waals surface area contributed by atoms with Crippen molar-refractivity contribution in [2.45, 2.75) is 26.9 Å². The topological polar surface area (TPSA) is 108 Å². The summed E-state index contributed by atoms with van der Waals surface area (Å²) >= 11 is 0. The van der Waals surface area contributed by atoms with E-state index in [2.05, 4.69) is 10.4 Å². The van der Waals surface area contributed by atoms with Gasteiger partial charge in [-0.25, -0.2) is 4.79 Å². The molecule has 0 unspecified atom stereocenters. The van der Waals surface area contributed by atoms with E-state index in [4.69, 9.17) is 9.15 Å². The van der Waals surface area contributed by atoms with Crippen molar-refractivity contribution >= 4 is 5.91 Å². The molecule has 0 aliphatic heterocycles. The molecule has 1 N–H and O–H groups in total. The third kappa shape index (κ3) is 4.83. The number of ether oxygens (including phenoxy) is 1. The highest BCUT2D eigenvalue weighted by Crippen LogP contribution is 2.14. The molecule has 1 amide bonds. The molecule has 0 fully saturated rings. The lowest BCUT2D eigenvalue weighted by atomic mass is 10.1. The van der Waals surface area contributed by atoms with Crippen molar-refractivity contribution in [1.82, 2.24) is 19.7 Å². The monoisotopic (exact) mass is 460 g/mol. The van der Waals surface area contributed by atoms with Crippen molar-refractivity contribution < 1.29 is 13.9 Å². The molecule has 0 saturated heterocycles. The number of aryl methyl sites for hydroxylation is 2. The lowest BCUT2D eigenvalue weighted by Crippen LogP contribution is -2.46. The molecule has 4 rings (SSSR count). The molecule has 0 aliphatic carbocycles. The second-order valence-corrected chi connectivity index (χ2v) is 7.89. The van der Waals surface area contributed by atoms with Crippen LogP contribution in [0, 0.1) is 13.8 Å². The van der Waals surface area contributed by atoms with Crippen LogP contribution in [0.5, 0.6) is 5.75 Å². The van der Waals surface area contributed by atoms with Gasteiger partial charge in [-0.1, -0.05) is 18.2 Å². The largest absolute Gasteiger partial charge is 0.497 e. The number of nitrogens with one attached hydrogen (secondary N) is 1. The van der Waals surface area contributed by atoms with Crippen LogP contribution < -0.4 is 21.3 Å². The summed E-state index contributed by atoms with van der Waals surface area (Å²) in [5, 5.41) is 6.79. The molecule has 0 spiro atoms. The van der Waals surface area contributed by atoms with E-state index in [1.165, 1.54) is 13.4 Å². The zero-order chi connectivity index (χ0) is 24.2. The Morgan fingerprint density at radius 3 is 2.50 bits per heavy atom. The van der Waals surface area contributed by atoms with Gasteiger partial charge in [0.15, 0.2) is 0 Å². The molecule has 0 radical (unpaired) electrons. The van der Waals surface area contributed by atoms with Gasteiger partial charge in [-0.3, -0.25) is 14.2 Å². The number of carbonyl (C=O) groups is 1. The molecule has 2 aromatic carbocycles. The van der Waals surface area contributed by atoms with E-state index in [0.29, 0.717) is 22.8 Å². The minimum atomic E-state index is -0.787. The highest BCUT2D eigenvalue weighted by Gasteiger charge is 2.21. The quantitative estimate of drug-likeness (QED) is 0.454. The van der Waals surface area contributed by atoms with Gasteiger partial charge in [-0.2, -0.15) is 9.78 Å². The van der Waals surface area contributed by atoms with Crippen LogP contribution in [0.2, 0.25) is 0 Å². The van der Waals surface area contributed by atoms with Crippen molar-refractivity contribution in [3.8, 4) is 11.4 Å². The number of methoxy groups -OCH3 is 1. The third-order valence-electron chi connectivity index (χ3n) is 5.20. The molecule has 9 heteroatoms. The van der Waals surface area contributed by atoms with Crippen molar-refractivity contribution in [2.24, 2.45) is 0 Å². The van der Waals surface area contributed by atoms with Gasteiger partial charge in [0.05, 0.1) is 32.1 Å². The molecule has 4 aromatic rings. The van der Waals surface area contributed by atoms with Crippen LogP contribution in [0.3, 0.4) is 0 Å². The smallest absolute Gasteiger partial charge is 0.352 e. The number of rotatable bonds is 7. The van der Waals surface area contributed by atoms with Gasteiger partial charge in [-0.05, 0) is 66.9 Å². The number of amides is 1. The van der Waals surface area contributed by atoms with Crippen LogP contribution in [-0.2, 0) is 13.1 Å². The maximum absolute atomic E-state index is 13.4. The Labute approximate surface area is 195 Å². The van der Waals surface area contributed by atoms with Crippen molar-refractivity contribution in [2.75, 3.05) is 7.11 Å². The van der Waals surface area contributed by atoms with E-state index in [1.54, 1.807) is 48.5 Å². The fraction of sp³-hybridized carbons (Fsp3) is 0.200. The molecule has 174 valence electrons. The first-order chi connectivity index (χ1) is 16.4. The number of hydrogen-bond acceptors (Lipinski definition) is 6. The SMILES string of the molecule is COc1cccc(Cn2c(=O)c(C(=O)NCc3ccco3)nn(-c3cc(C)cc(C)c3)c2=O)c1. The van der Waals surface area contributed by atoms with E-state index in [0.717, 1.165) is 20.4 Å². The van der Waals surface area contributed by atoms with Crippen LogP contribution in [0.4, 0.5) is 0 Å². The first-order valence-corrected chi connectivity index (χ1v) is 10.6. The van der Waals surface area contributed by atoms with Crippen molar-refractivity contribution in [3.05, 3.63) is 110 Å². The fourth-order valence-corrected chi connectivity index (χ4v) is 3.66. The molecule has 0 saturated carbocycles. The van der Waals surface area contributed by atoms with E-state index in [-0.39, 0.29) is 13.1 Å². The van der Waals surface area contributed by atoms with Gasteiger partial charge in [0.1, 0.15) is 11.5 Å². The van der Waals surface area contributed by atoms with Gasteiger partial charge in [-0.15, -0.1) is 0 Å². The average molecular weight is 460 g/mol. The van der Waals surface area contributed by atoms with E-state index in [1.807, 2.05) is 19.9 Å². The predicted octanol–water partition coefficient (Wildman–Crippen LogP) is 2.59. The van der Waals surface area contributed by atoms with Gasteiger partial charge < -0.3 is 14.5 Å². The average Bonchev–Trinajstić information content (AvgIpc) is 3.33. The van der Waals surface area contributed by atoms with E-state index in [9.17, 15) is 14.4 Å². The van der Waals surface area contributed by atoms with Gasteiger partial charge in [0, 0.05) is 0 Å². The highest BCUT2D eigenvalue weighted by molar-refractivity contribution is 5.91. The Balaban J connectivity index is 1.83. The second-order valence-electron chi connectivity index (χ2n) is 7.89. The standard InChI is InChI=1S/C25H24N4O5/c1-16-10-17(2)12-19(11-16)29-25(32)28(15-18-6-4-7-20(13-18)33-3)24(31)22(27-29)23(30)26-14-21-8-5-9-34-21/h4-13H,14-15H2,1-3H3,(H,26,30). The molecule has 0 atom stereocenters. The summed E-state index contributed by atoms with van der Waals surface area (Å²) in [5.74, 6) is 0.400. The molecule has 0 bridgehead atoms. The molecule has 0 aliphatic rings. The first-order valence-electron chi connectivity index (χ1n) is 10.6. The molecule has 34 heavy (non-hydrogen) atoms. The summed E-state index contributed by atoms with van der Waals surface area (Å²) in [4.78, 5) is 39.5. The van der Waals surface area contributed by atoms with Crippen LogP contribution >= 0.6 is 0 Å². The van der Waals surface area contributed by atoms with E-state index < -0.39 is 22.9 Å². The minimum absolute atomic E-state index is 0.0549. The van der Waals surface area contributed by atoms with Crippen molar-refractivity contribution in [3.63, 3.8) is 0 Å². The third-order valence-corrected chi connectivity index (χ3v) is 5.20. The van der Waals surface area contributed by atoms with Gasteiger partial charge >= 0.3 is 5.69 Å². The lowest BCUT2D eigenvalue weighted by Gasteiger charge is -2.13. The maximum atomic E-state index is 13.4. The summed E-state index contributed by atoms with van der Waals surface area (Å²) in [5.41, 5.74) is 1.12. The molecular weight excluding hydrogens is 436 g/mol. The first kappa shape index (κ1) is 22.8. The molecule has 2 aromatic heterocycles. The summed E-state index contributed by atoms with van der Waals surface area (Å²) < 4.78 is 12.6. The number of hydrogen-bond donors (Lipinski definition) is 1. The number of furan rings is 1. The fourth-order valence-electron chi connectivity index (χ4n) is 3.66. The predicted molar refractivity (Wildman–Crippen MR) is 126 cm³/mol. The van der Waals surface area contributed by atoms with Crippen LogP contribution in [-0.4, -0.2) is 27.4 Å². The number of benzene rings is 2. The second kappa shape index (κ2) is 9.62. The zero-order valence-corrected chi connectivity index (χ0v) is 19.1. The maximum Gasteiger partial charge on any atom is 0.352 e. The number of aromatic nitrogens is 3. The normalized spacial score (nSPS) is 10.8. The summed E-state index contributed by atoms with van der Waals surface area (Å²) in [7, 11) is 1.53. The lowest BCUT2D eigenvalue weighted by molar-refractivity contribution is 0.0938.